The Morgan fingerprint density at radius 3 is 2.66 bits per heavy atom. The molecule has 0 aromatic heterocycles. The molecule has 29 heavy (non-hydrogen) atoms. The Labute approximate surface area is 167 Å². The van der Waals surface area contributed by atoms with Gasteiger partial charge >= 0.3 is 0 Å². The highest BCUT2D eigenvalue weighted by Crippen LogP contribution is 2.24. The Balaban J connectivity index is 1.43. The molecular weight excluding hydrogens is 376 g/mol. The summed E-state index contributed by atoms with van der Waals surface area (Å²) < 4.78 is 31.9. The zero-order valence-electron chi connectivity index (χ0n) is 15.8. The fraction of sp³-hybridized carbons (Fsp3) is 0.273. The fourth-order valence-electron chi connectivity index (χ4n) is 3.42. The molecule has 2 heterocycles. The highest BCUT2D eigenvalue weighted by Gasteiger charge is 2.17. The molecule has 2 aliphatic rings. The van der Waals surface area contributed by atoms with Gasteiger partial charge in [0.1, 0.15) is 11.6 Å². The smallest absolute Gasteiger partial charge is 0.246 e. The minimum atomic E-state index is -0.597. The van der Waals surface area contributed by atoms with Gasteiger partial charge in [0.05, 0.1) is 25.5 Å². The first-order valence-corrected chi connectivity index (χ1v) is 9.50. The Morgan fingerprint density at radius 2 is 1.90 bits per heavy atom. The lowest BCUT2D eigenvalue weighted by atomic mass is 10.0. The number of ether oxygens (including phenoxy) is 1. The zero-order valence-corrected chi connectivity index (χ0v) is 15.8. The van der Waals surface area contributed by atoms with E-state index in [1.54, 1.807) is 17.1 Å². The maximum Gasteiger partial charge on any atom is 0.246 e. The van der Waals surface area contributed by atoms with E-state index in [9.17, 15) is 13.6 Å². The van der Waals surface area contributed by atoms with Gasteiger partial charge in [0.2, 0.25) is 5.91 Å². The van der Waals surface area contributed by atoms with E-state index < -0.39 is 11.6 Å². The van der Waals surface area contributed by atoms with Crippen LogP contribution in [-0.4, -0.2) is 42.8 Å². The number of allylic oxidation sites excluding steroid dienone is 1. The number of nitrogens with zero attached hydrogens (tertiary/aromatic N) is 2. The summed E-state index contributed by atoms with van der Waals surface area (Å²) in [5.74, 6) is -1.24. The largest absolute Gasteiger partial charge is 0.381 e. The van der Waals surface area contributed by atoms with Gasteiger partial charge in [0.25, 0.3) is 0 Å². The van der Waals surface area contributed by atoms with Gasteiger partial charge in [-0.15, -0.1) is 0 Å². The van der Waals surface area contributed by atoms with Crippen LogP contribution in [0.4, 0.5) is 14.5 Å². The minimum Gasteiger partial charge on any atom is -0.381 e. The monoisotopic (exact) mass is 397 g/mol. The lowest BCUT2D eigenvalue weighted by molar-refractivity contribution is -0.129. The number of carbonyl (C=O) groups excluding carboxylic acids is 1. The number of aliphatic imine (C=N–C) groups is 1. The molecule has 2 aromatic carbocycles. The lowest BCUT2D eigenvalue weighted by Crippen LogP contribution is -2.39. The highest BCUT2D eigenvalue weighted by atomic mass is 19.1. The maximum atomic E-state index is 13.3. The van der Waals surface area contributed by atoms with Crippen molar-refractivity contribution in [1.82, 2.24) is 4.90 Å². The molecule has 7 heteroatoms. The summed E-state index contributed by atoms with van der Waals surface area (Å²) in [4.78, 5) is 18.6. The van der Waals surface area contributed by atoms with Crippen LogP contribution in [0.15, 0.2) is 53.5 Å². The number of hydrogen-bond donors (Lipinski definition) is 1. The van der Waals surface area contributed by atoms with E-state index in [4.69, 9.17) is 4.74 Å². The molecule has 0 saturated carbocycles. The number of hydrogen-bond acceptors (Lipinski definition) is 4. The molecule has 4 rings (SSSR count). The van der Waals surface area contributed by atoms with Gasteiger partial charge in [-0.05, 0) is 41.5 Å². The third kappa shape index (κ3) is 4.68. The SMILES string of the molecule is O=C(/C=C/C1=NCc2ccc(NCc3cc(F)cc(F)c3)cc21)N1CCOCC1. The summed E-state index contributed by atoms with van der Waals surface area (Å²) in [5, 5.41) is 3.18. The van der Waals surface area contributed by atoms with Gasteiger partial charge in [-0.25, -0.2) is 8.78 Å². The van der Waals surface area contributed by atoms with E-state index in [1.807, 2.05) is 18.2 Å². The van der Waals surface area contributed by atoms with Gasteiger partial charge < -0.3 is 15.0 Å². The first kappa shape index (κ1) is 19.3. The highest BCUT2D eigenvalue weighted by molar-refractivity contribution is 6.13. The Kier molecular flexibility index (Phi) is 5.67. The van der Waals surface area contributed by atoms with Crippen molar-refractivity contribution in [1.29, 1.82) is 0 Å². The van der Waals surface area contributed by atoms with Crippen LogP contribution < -0.4 is 5.32 Å². The first-order chi connectivity index (χ1) is 14.1. The fourth-order valence-corrected chi connectivity index (χ4v) is 3.42. The van der Waals surface area contributed by atoms with Crippen LogP contribution in [0.3, 0.4) is 0 Å². The summed E-state index contributed by atoms with van der Waals surface area (Å²) in [6.45, 7) is 3.19. The van der Waals surface area contributed by atoms with Crippen LogP contribution in [0.1, 0.15) is 16.7 Å². The van der Waals surface area contributed by atoms with Crippen LogP contribution in [0.5, 0.6) is 0 Å². The third-order valence-electron chi connectivity index (χ3n) is 4.93. The number of nitrogens with one attached hydrogen (secondary N) is 1. The van der Waals surface area contributed by atoms with Gasteiger partial charge in [0, 0.05) is 43.0 Å². The zero-order chi connectivity index (χ0) is 20.2. The van der Waals surface area contributed by atoms with E-state index in [1.165, 1.54) is 12.1 Å². The number of carbonyl (C=O) groups is 1. The predicted octanol–water partition coefficient (Wildman–Crippen LogP) is 3.29. The molecule has 2 aliphatic heterocycles. The maximum absolute atomic E-state index is 13.3. The summed E-state index contributed by atoms with van der Waals surface area (Å²) in [6.07, 6.45) is 3.30. The van der Waals surface area contributed by atoms with Gasteiger partial charge in [0.15, 0.2) is 0 Å². The van der Waals surface area contributed by atoms with Crippen molar-refractivity contribution in [2.45, 2.75) is 13.1 Å². The van der Waals surface area contributed by atoms with Gasteiger partial charge in [-0.3, -0.25) is 9.79 Å². The van der Waals surface area contributed by atoms with Crippen molar-refractivity contribution in [3.8, 4) is 0 Å². The average molecular weight is 397 g/mol. The molecule has 1 saturated heterocycles. The lowest BCUT2D eigenvalue weighted by Gasteiger charge is -2.25. The Bertz CT molecular complexity index is 962. The van der Waals surface area contributed by atoms with Crippen molar-refractivity contribution < 1.29 is 18.3 Å². The number of halogens is 2. The van der Waals surface area contributed by atoms with Crippen molar-refractivity contribution in [3.63, 3.8) is 0 Å². The van der Waals surface area contributed by atoms with Crippen LogP contribution in [-0.2, 0) is 22.6 Å². The standard InChI is InChI=1S/C22H21F2N3O2/c23-17-9-15(10-18(24)11-17)13-25-19-2-1-16-14-26-21(20(16)12-19)3-4-22(28)27-5-7-29-8-6-27/h1-4,9-12,25H,5-8,13-14H2/b4-3+. The number of amides is 1. The molecule has 1 fully saturated rings. The Morgan fingerprint density at radius 1 is 1.14 bits per heavy atom. The van der Waals surface area contributed by atoms with Crippen LogP contribution in [0.2, 0.25) is 0 Å². The number of fused-ring (bicyclic) bond motifs is 1. The quantitative estimate of drug-likeness (QED) is 0.788. The first-order valence-electron chi connectivity index (χ1n) is 9.50. The molecule has 0 unspecified atom stereocenters. The number of morpholine rings is 1. The van der Waals surface area contributed by atoms with Crippen molar-refractivity contribution in [2.24, 2.45) is 4.99 Å². The number of rotatable bonds is 5. The van der Waals surface area contributed by atoms with Crippen LogP contribution in [0, 0.1) is 11.6 Å². The molecule has 2 aromatic rings. The molecule has 0 radical (unpaired) electrons. The molecule has 5 nitrogen and oxygen atoms in total. The second kappa shape index (κ2) is 8.53. The topological polar surface area (TPSA) is 53.9 Å². The van der Waals surface area contributed by atoms with E-state index in [2.05, 4.69) is 10.3 Å². The molecule has 1 amide bonds. The molecular formula is C22H21F2N3O2. The van der Waals surface area contributed by atoms with E-state index >= 15 is 0 Å². The van der Waals surface area contributed by atoms with Crippen LogP contribution >= 0.6 is 0 Å². The molecule has 0 atom stereocenters. The summed E-state index contributed by atoms with van der Waals surface area (Å²) in [6, 6.07) is 9.28. The van der Waals surface area contributed by atoms with E-state index in [0.29, 0.717) is 45.0 Å². The third-order valence-corrected chi connectivity index (χ3v) is 4.93. The van der Waals surface area contributed by atoms with E-state index in [-0.39, 0.29) is 5.91 Å². The summed E-state index contributed by atoms with van der Waals surface area (Å²) in [7, 11) is 0. The van der Waals surface area contributed by atoms with E-state index in [0.717, 1.165) is 28.6 Å². The van der Waals surface area contributed by atoms with Crippen molar-refractivity contribution in [3.05, 3.63) is 76.9 Å². The molecule has 0 bridgehead atoms. The molecule has 0 aliphatic carbocycles. The summed E-state index contributed by atoms with van der Waals surface area (Å²) in [5.41, 5.74) is 4.11. The Hall–Kier alpha value is -3.06. The number of anilines is 1. The average Bonchev–Trinajstić information content (AvgIpc) is 3.13. The second-order valence-electron chi connectivity index (χ2n) is 6.98. The minimum absolute atomic E-state index is 0.0492. The number of benzene rings is 2. The molecule has 1 N–H and O–H groups in total. The second-order valence-corrected chi connectivity index (χ2v) is 6.98. The van der Waals surface area contributed by atoms with Crippen molar-refractivity contribution in [2.75, 3.05) is 31.6 Å². The molecule has 150 valence electrons. The normalized spacial score (nSPS) is 16.1. The van der Waals surface area contributed by atoms with Crippen LogP contribution in [0.25, 0.3) is 0 Å². The van der Waals surface area contributed by atoms with Gasteiger partial charge in [-0.1, -0.05) is 6.07 Å². The predicted molar refractivity (Wildman–Crippen MR) is 107 cm³/mol. The molecule has 0 spiro atoms. The van der Waals surface area contributed by atoms with Crippen molar-refractivity contribution >= 4 is 17.3 Å². The summed E-state index contributed by atoms with van der Waals surface area (Å²) >= 11 is 0. The van der Waals surface area contributed by atoms with Gasteiger partial charge in [-0.2, -0.15) is 0 Å².